The lowest BCUT2D eigenvalue weighted by atomic mass is 9.87. The summed E-state index contributed by atoms with van der Waals surface area (Å²) in [7, 11) is 0. The summed E-state index contributed by atoms with van der Waals surface area (Å²) in [6, 6.07) is 73.8. The molecule has 12 rings (SSSR count). The lowest BCUT2D eigenvalue weighted by molar-refractivity contribution is 0.488. The number of benzene rings is 10. The summed E-state index contributed by atoms with van der Waals surface area (Å²) < 4.78 is 27.1. The molecule has 0 saturated heterocycles. The van der Waals surface area contributed by atoms with E-state index in [1.165, 1.54) is 50.2 Å². The first kappa shape index (κ1) is 50.0. The summed E-state index contributed by atoms with van der Waals surface area (Å²) in [5.41, 5.74) is 19.4. The van der Waals surface area contributed by atoms with Crippen LogP contribution in [0.2, 0.25) is 0 Å². The minimum atomic E-state index is -0.331. The minimum absolute atomic E-state index is 0.144. The third-order valence-electron chi connectivity index (χ3n) is 15.3. The Bertz CT molecular complexity index is 4130. The Morgan fingerprint density at radius 1 is 0.359 bits per heavy atom. The number of nitrogens with zero attached hydrogens (tertiary/aromatic N) is 4. The van der Waals surface area contributed by atoms with Crippen LogP contribution >= 0.6 is 0 Å². The number of hydrogen-bond acceptors (Lipinski definition) is 3. The molecule has 0 saturated carbocycles. The van der Waals surface area contributed by atoms with Gasteiger partial charge in [0, 0.05) is 22.6 Å². The number of imidazole rings is 2. The zero-order valence-corrected chi connectivity index (χ0v) is 45.6. The summed E-state index contributed by atoms with van der Waals surface area (Å²) in [5.74, 6) is 3.32. The number of fused-ring (bicyclic) bond motifs is 3. The Morgan fingerprint density at radius 3 is 1.41 bits per heavy atom. The van der Waals surface area contributed by atoms with Crippen molar-refractivity contribution in [2.75, 3.05) is 0 Å². The highest BCUT2D eigenvalue weighted by Crippen LogP contribution is 2.45. The summed E-state index contributed by atoms with van der Waals surface area (Å²) in [4.78, 5) is 10.7. The highest BCUT2D eigenvalue weighted by molar-refractivity contribution is 5.95. The van der Waals surface area contributed by atoms with Crippen LogP contribution in [0, 0.1) is 5.82 Å². The van der Waals surface area contributed by atoms with Gasteiger partial charge in [0.1, 0.15) is 29.0 Å². The van der Waals surface area contributed by atoms with Crippen LogP contribution in [-0.4, -0.2) is 19.1 Å². The topological polar surface area (TPSA) is 44.9 Å². The largest absolute Gasteiger partial charge is 0.457 e. The Labute approximate surface area is 457 Å². The molecule has 0 unspecified atom stereocenters. The number of para-hydroxylation sites is 2. The third kappa shape index (κ3) is 9.25. The summed E-state index contributed by atoms with van der Waals surface area (Å²) in [6.07, 6.45) is 0. The minimum Gasteiger partial charge on any atom is -0.457 e. The molecule has 2 heterocycles. The van der Waals surface area contributed by atoms with Gasteiger partial charge in [-0.05, 0) is 157 Å². The number of aromatic nitrogens is 4. The zero-order valence-electron chi connectivity index (χ0n) is 45.6. The number of hydrogen-bond donors (Lipinski definition) is 0. The van der Waals surface area contributed by atoms with E-state index < -0.39 is 0 Å². The van der Waals surface area contributed by atoms with Crippen LogP contribution in [0.5, 0.6) is 11.5 Å². The van der Waals surface area contributed by atoms with Crippen molar-refractivity contribution in [3.63, 3.8) is 0 Å². The second-order valence-corrected chi connectivity index (χ2v) is 21.9. The first-order valence-electron chi connectivity index (χ1n) is 27.4. The summed E-state index contributed by atoms with van der Waals surface area (Å²) in [5, 5.41) is 1.96. The van der Waals surface area contributed by atoms with E-state index >= 15 is 4.39 Å². The molecule has 0 atom stereocenters. The lowest BCUT2D eigenvalue weighted by Gasteiger charge is -2.25. The van der Waals surface area contributed by atoms with Gasteiger partial charge >= 0.3 is 0 Å². The van der Waals surface area contributed by atoms with E-state index in [1.54, 1.807) is 12.1 Å². The van der Waals surface area contributed by atoms with Crippen LogP contribution in [0.25, 0.3) is 100 Å². The molecule has 0 radical (unpaired) electrons. The van der Waals surface area contributed by atoms with Crippen molar-refractivity contribution >= 4 is 32.8 Å². The molecule has 0 spiro atoms. The van der Waals surface area contributed by atoms with E-state index in [0.29, 0.717) is 22.8 Å². The predicted octanol–water partition coefficient (Wildman–Crippen LogP) is 20.3. The maximum absolute atomic E-state index is 15.3. The van der Waals surface area contributed by atoms with E-state index in [-0.39, 0.29) is 29.5 Å². The Hall–Kier alpha value is -8.87. The van der Waals surface area contributed by atoms with Crippen molar-refractivity contribution in [1.29, 1.82) is 0 Å². The molecule has 2 aromatic heterocycles. The molecular formula is C72H63FN4O. The molecule has 0 aliphatic rings. The number of halogens is 1. The van der Waals surface area contributed by atoms with Crippen molar-refractivity contribution in [2.45, 2.75) is 79.1 Å². The van der Waals surface area contributed by atoms with Gasteiger partial charge in [-0.1, -0.05) is 189 Å². The van der Waals surface area contributed by atoms with Gasteiger partial charge in [0.2, 0.25) is 0 Å². The molecule has 0 amide bonds. The fraction of sp³-hybridized carbons (Fsp3) is 0.167. The molecule has 0 N–H and O–H groups in total. The molecule has 10 aromatic carbocycles. The van der Waals surface area contributed by atoms with E-state index in [4.69, 9.17) is 14.7 Å². The monoisotopic (exact) mass is 1020 g/mol. The van der Waals surface area contributed by atoms with Gasteiger partial charge in [0.15, 0.2) is 0 Å². The van der Waals surface area contributed by atoms with Crippen LogP contribution < -0.4 is 4.74 Å². The molecule has 6 heteroatoms. The average molecular weight is 1020 g/mol. The van der Waals surface area contributed by atoms with Crippen molar-refractivity contribution in [2.24, 2.45) is 0 Å². The SMILES string of the molecule is CC(C)c1cc(-c2ccccc2)cc(C(C)C)c1-n1c(-c2cccc(Oc3cc(-c4nc5cc(F)ccc5n4-c4c(C(C)C)cc(-c5ccc(-c6ccccc6)cc5)cc4C(C)C)cc4ccccc34)c2)nc2ccccc21. The van der Waals surface area contributed by atoms with Crippen LogP contribution in [0.3, 0.4) is 0 Å². The zero-order chi connectivity index (χ0) is 53.8. The maximum atomic E-state index is 15.3. The van der Waals surface area contributed by atoms with Crippen LogP contribution in [0.4, 0.5) is 4.39 Å². The van der Waals surface area contributed by atoms with Crippen molar-refractivity contribution < 1.29 is 9.13 Å². The third-order valence-corrected chi connectivity index (χ3v) is 15.3. The van der Waals surface area contributed by atoms with Gasteiger partial charge < -0.3 is 4.74 Å². The Balaban J connectivity index is 0.998. The van der Waals surface area contributed by atoms with E-state index in [9.17, 15) is 0 Å². The molecule has 384 valence electrons. The maximum Gasteiger partial charge on any atom is 0.145 e. The number of rotatable bonds is 13. The summed E-state index contributed by atoms with van der Waals surface area (Å²) in [6.45, 7) is 18.1. The molecule has 12 aromatic rings. The normalized spacial score (nSPS) is 11.9. The molecule has 0 aliphatic carbocycles. The van der Waals surface area contributed by atoms with Crippen LogP contribution in [0.1, 0.15) is 101 Å². The fourth-order valence-corrected chi connectivity index (χ4v) is 11.3. The van der Waals surface area contributed by atoms with Crippen LogP contribution in [0.15, 0.2) is 212 Å². The van der Waals surface area contributed by atoms with Gasteiger partial charge in [-0.15, -0.1) is 0 Å². The average Bonchev–Trinajstić information content (AvgIpc) is 4.26. The molecule has 78 heavy (non-hydrogen) atoms. The molecular weight excluding hydrogens is 956 g/mol. The van der Waals surface area contributed by atoms with E-state index in [1.807, 2.05) is 24.3 Å². The van der Waals surface area contributed by atoms with Gasteiger partial charge in [-0.2, -0.15) is 0 Å². The summed E-state index contributed by atoms with van der Waals surface area (Å²) >= 11 is 0. The molecule has 0 aliphatic heterocycles. The second kappa shape index (κ2) is 20.6. The second-order valence-electron chi connectivity index (χ2n) is 21.9. The van der Waals surface area contributed by atoms with Crippen molar-refractivity contribution in [3.8, 4) is 79.0 Å². The van der Waals surface area contributed by atoms with E-state index in [2.05, 4.69) is 240 Å². The number of ether oxygens (including phenoxy) is 1. The predicted molar refractivity (Wildman–Crippen MR) is 323 cm³/mol. The highest BCUT2D eigenvalue weighted by atomic mass is 19.1. The standard InChI is InChI=1S/C72H63FN4O/c1-44(2)60-38-54(49-22-13-10-14-23-49)39-61(45(3)4)69(60)76-66-29-18-17-28-64(66)74-71(76)53-25-19-26-58(37-53)78-68-42-56(36-52-24-15-16-27-59(52)68)72-75-65-43-57(73)34-35-67(65)77(72)70-62(46(5)6)40-55(41-63(70)47(7)8)51-32-30-50(31-33-51)48-20-11-9-12-21-48/h9-47H,1-8H3. The van der Waals surface area contributed by atoms with Crippen molar-refractivity contribution in [1.82, 2.24) is 19.1 Å². The van der Waals surface area contributed by atoms with Gasteiger partial charge in [-0.3, -0.25) is 9.13 Å². The quantitative estimate of drug-likeness (QED) is 0.116. The molecule has 0 bridgehead atoms. The van der Waals surface area contributed by atoms with Gasteiger partial charge in [-0.25, -0.2) is 14.4 Å². The van der Waals surface area contributed by atoms with Crippen molar-refractivity contribution in [3.05, 3.63) is 240 Å². The highest BCUT2D eigenvalue weighted by Gasteiger charge is 2.27. The fourth-order valence-electron chi connectivity index (χ4n) is 11.3. The Kier molecular flexibility index (Phi) is 13.2. The first-order valence-corrected chi connectivity index (χ1v) is 27.4. The lowest BCUT2D eigenvalue weighted by Crippen LogP contribution is -2.09. The van der Waals surface area contributed by atoms with E-state index in [0.717, 1.165) is 61.1 Å². The first-order chi connectivity index (χ1) is 37.9. The molecule has 0 fully saturated rings. The molecule has 5 nitrogen and oxygen atoms in total. The van der Waals surface area contributed by atoms with Gasteiger partial charge in [0.05, 0.1) is 33.4 Å². The van der Waals surface area contributed by atoms with Gasteiger partial charge in [0.25, 0.3) is 0 Å². The Morgan fingerprint density at radius 2 is 0.821 bits per heavy atom. The smallest absolute Gasteiger partial charge is 0.145 e. The van der Waals surface area contributed by atoms with Crippen LogP contribution in [-0.2, 0) is 0 Å².